The Kier molecular flexibility index (Phi) is 4.52. The maximum absolute atomic E-state index is 10.6. The maximum Gasteiger partial charge on any atom is 0.137 e. The van der Waals surface area contributed by atoms with Crippen molar-refractivity contribution in [2.24, 2.45) is 20.0 Å². The minimum absolute atomic E-state index is 0.196. The molecule has 1 N–H and O–H groups in total. The smallest absolute Gasteiger partial charge is 0.137 e. The third-order valence-corrected chi connectivity index (χ3v) is 4.81. The van der Waals surface area contributed by atoms with Gasteiger partial charge in [-0.25, -0.2) is 4.98 Å². The van der Waals surface area contributed by atoms with E-state index in [0.29, 0.717) is 5.02 Å². The van der Waals surface area contributed by atoms with Gasteiger partial charge in [0.25, 0.3) is 0 Å². The van der Waals surface area contributed by atoms with Gasteiger partial charge in [0.05, 0.1) is 16.9 Å². The summed E-state index contributed by atoms with van der Waals surface area (Å²) < 4.78 is 3.71. The zero-order valence-electron chi connectivity index (χ0n) is 13.0. The van der Waals surface area contributed by atoms with Crippen LogP contribution in [-0.2, 0) is 20.6 Å². The number of aliphatic hydroxyl groups is 1. The first-order chi connectivity index (χ1) is 10.6. The van der Waals surface area contributed by atoms with Crippen LogP contribution in [0.5, 0.6) is 0 Å². The summed E-state index contributed by atoms with van der Waals surface area (Å²) in [6.45, 7) is 2.62. The molecule has 22 heavy (non-hydrogen) atoms. The van der Waals surface area contributed by atoms with Gasteiger partial charge in [0.1, 0.15) is 11.9 Å². The Balaban J connectivity index is 1.68. The van der Waals surface area contributed by atoms with Gasteiger partial charge in [-0.15, -0.1) is 0 Å². The van der Waals surface area contributed by atoms with E-state index >= 15 is 0 Å². The monoisotopic (exact) mass is 323 g/mol. The molecular weight excluding hydrogens is 302 g/mol. The van der Waals surface area contributed by atoms with E-state index in [2.05, 4.69) is 15.0 Å². The van der Waals surface area contributed by atoms with Crippen LogP contribution in [0.1, 0.15) is 30.5 Å². The summed E-state index contributed by atoms with van der Waals surface area (Å²) in [5.41, 5.74) is 1.02. The number of nitrogens with zero attached hydrogens (tertiary/aromatic N) is 5. The SMILES string of the molecule is Cn1ccnc1[C@@H](O)[C@@H]1CCCN(Cc2c(Cl)cnn2C)C1. The van der Waals surface area contributed by atoms with Crippen LogP contribution in [0.4, 0.5) is 0 Å². The van der Waals surface area contributed by atoms with Gasteiger partial charge in [-0.2, -0.15) is 5.10 Å². The fourth-order valence-corrected chi connectivity index (χ4v) is 3.42. The van der Waals surface area contributed by atoms with Crippen molar-refractivity contribution in [2.75, 3.05) is 13.1 Å². The molecule has 0 radical (unpaired) electrons. The van der Waals surface area contributed by atoms with E-state index in [-0.39, 0.29) is 5.92 Å². The van der Waals surface area contributed by atoms with Gasteiger partial charge < -0.3 is 9.67 Å². The lowest BCUT2D eigenvalue weighted by Crippen LogP contribution is -2.38. The number of aliphatic hydroxyl groups excluding tert-OH is 1. The molecule has 2 aromatic heterocycles. The molecule has 6 nitrogen and oxygen atoms in total. The van der Waals surface area contributed by atoms with Crippen molar-refractivity contribution < 1.29 is 5.11 Å². The molecule has 1 saturated heterocycles. The zero-order chi connectivity index (χ0) is 15.7. The van der Waals surface area contributed by atoms with Crippen LogP contribution in [0, 0.1) is 5.92 Å². The fraction of sp³-hybridized carbons (Fsp3) is 0.600. The summed E-state index contributed by atoms with van der Waals surface area (Å²) in [6, 6.07) is 0. The number of likely N-dealkylation sites (tertiary alicyclic amines) is 1. The molecule has 0 aliphatic carbocycles. The van der Waals surface area contributed by atoms with Crippen molar-refractivity contribution in [1.82, 2.24) is 24.2 Å². The molecule has 3 heterocycles. The minimum Gasteiger partial charge on any atom is -0.385 e. The Labute approximate surface area is 135 Å². The second kappa shape index (κ2) is 6.40. The predicted octanol–water partition coefficient (Wildman–Crippen LogP) is 1.75. The van der Waals surface area contributed by atoms with Crippen molar-refractivity contribution in [3.05, 3.63) is 35.1 Å². The van der Waals surface area contributed by atoms with Gasteiger partial charge in [-0.05, 0) is 19.4 Å². The molecule has 2 atom stereocenters. The molecule has 1 aliphatic rings. The Morgan fingerprint density at radius 2 is 2.27 bits per heavy atom. The molecule has 0 amide bonds. The van der Waals surface area contributed by atoms with E-state index in [1.807, 2.05) is 29.5 Å². The van der Waals surface area contributed by atoms with E-state index in [1.165, 1.54) is 0 Å². The molecule has 0 unspecified atom stereocenters. The van der Waals surface area contributed by atoms with Crippen molar-refractivity contribution >= 4 is 11.6 Å². The van der Waals surface area contributed by atoms with Crippen molar-refractivity contribution in [3.8, 4) is 0 Å². The molecule has 2 aromatic rings. The first-order valence-corrected chi connectivity index (χ1v) is 7.98. The van der Waals surface area contributed by atoms with Gasteiger partial charge in [-0.1, -0.05) is 11.6 Å². The lowest BCUT2D eigenvalue weighted by Gasteiger charge is -2.34. The summed E-state index contributed by atoms with van der Waals surface area (Å²) in [4.78, 5) is 6.62. The lowest BCUT2D eigenvalue weighted by atomic mass is 9.92. The summed E-state index contributed by atoms with van der Waals surface area (Å²) in [5.74, 6) is 0.937. The van der Waals surface area contributed by atoms with Crippen molar-refractivity contribution in [1.29, 1.82) is 0 Å². The van der Waals surface area contributed by atoms with Crippen LogP contribution in [0.25, 0.3) is 0 Å². The number of hydrogen-bond donors (Lipinski definition) is 1. The Morgan fingerprint density at radius 1 is 1.45 bits per heavy atom. The third kappa shape index (κ3) is 3.04. The van der Waals surface area contributed by atoms with E-state index < -0.39 is 6.10 Å². The van der Waals surface area contributed by atoms with Gasteiger partial charge in [0.2, 0.25) is 0 Å². The number of rotatable bonds is 4. The Hall–Kier alpha value is -1.37. The molecule has 0 spiro atoms. The van der Waals surface area contributed by atoms with Gasteiger partial charge in [-0.3, -0.25) is 9.58 Å². The summed E-state index contributed by atoms with van der Waals surface area (Å²) in [6.07, 6.45) is 6.85. The van der Waals surface area contributed by atoms with Crippen LogP contribution in [0.3, 0.4) is 0 Å². The zero-order valence-corrected chi connectivity index (χ0v) is 13.7. The van der Waals surface area contributed by atoms with Gasteiger partial charge in [0.15, 0.2) is 0 Å². The lowest BCUT2D eigenvalue weighted by molar-refractivity contribution is 0.0397. The number of aryl methyl sites for hydroxylation is 2. The van der Waals surface area contributed by atoms with E-state index in [0.717, 1.165) is 44.0 Å². The standard InChI is InChI=1S/C15H22ClN5O/c1-19-7-5-17-15(19)14(22)11-4-3-6-21(9-11)10-13-12(16)8-18-20(13)2/h5,7-8,11,14,22H,3-4,6,9-10H2,1-2H3/t11-,14+/m1/s1. The Morgan fingerprint density at radius 3 is 2.91 bits per heavy atom. The van der Waals surface area contributed by atoms with E-state index in [4.69, 9.17) is 11.6 Å². The molecule has 0 bridgehead atoms. The van der Waals surface area contributed by atoms with Crippen LogP contribution >= 0.6 is 11.6 Å². The van der Waals surface area contributed by atoms with Crippen molar-refractivity contribution in [2.45, 2.75) is 25.5 Å². The summed E-state index contributed by atoms with van der Waals surface area (Å²) >= 11 is 6.19. The molecule has 120 valence electrons. The quantitative estimate of drug-likeness (QED) is 0.931. The second-order valence-corrected chi connectivity index (χ2v) is 6.45. The first kappa shape index (κ1) is 15.5. The minimum atomic E-state index is -0.523. The molecular formula is C15H22ClN5O. The number of hydrogen-bond acceptors (Lipinski definition) is 4. The third-order valence-electron chi connectivity index (χ3n) is 4.50. The van der Waals surface area contributed by atoms with E-state index in [1.54, 1.807) is 12.4 Å². The fourth-order valence-electron chi connectivity index (χ4n) is 3.19. The number of imidazole rings is 1. The highest BCUT2D eigenvalue weighted by Gasteiger charge is 2.29. The number of aromatic nitrogens is 4. The van der Waals surface area contributed by atoms with E-state index in [9.17, 15) is 5.11 Å². The van der Waals surface area contributed by atoms with Crippen LogP contribution in [-0.4, -0.2) is 42.4 Å². The average Bonchev–Trinajstić information content (AvgIpc) is 3.07. The van der Waals surface area contributed by atoms with Crippen molar-refractivity contribution in [3.63, 3.8) is 0 Å². The predicted molar refractivity (Wildman–Crippen MR) is 84.4 cm³/mol. The first-order valence-electron chi connectivity index (χ1n) is 7.60. The molecule has 7 heteroatoms. The molecule has 0 aromatic carbocycles. The Bertz CT molecular complexity index is 618. The normalized spacial score (nSPS) is 21.2. The second-order valence-electron chi connectivity index (χ2n) is 6.04. The topological polar surface area (TPSA) is 59.1 Å². The highest BCUT2D eigenvalue weighted by molar-refractivity contribution is 6.31. The molecule has 0 saturated carbocycles. The summed E-state index contributed by atoms with van der Waals surface area (Å²) in [7, 11) is 3.83. The van der Waals surface area contributed by atoms with Crippen LogP contribution in [0.15, 0.2) is 18.6 Å². The largest absolute Gasteiger partial charge is 0.385 e. The number of halogens is 1. The van der Waals surface area contributed by atoms with Gasteiger partial charge in [0, 0.05) is 45.5 Å². The molecule has 1 aliphatic heterocycles. The highest BCUT2D eigenvalue weighted by atomic mass is 35.5. The average molecular weight is 324 g/mol. The maximum atomic E-state index is 10.6. The van der Waals surface area contributed by atoms with Crippen LogP contribution < -0.4 is 0 Å². The highest BCUT2D eigenvalue weighted by Crippen LogP contribution is 2.30. The molecule has 1 fully saturated rings. The summed E-state index contributed by atoms with van der Waals surface area (Å²) in [5, 5.41) is 15.5. The van der Waals surface area contributed by atoms with Gasteiger partial charge >= 0.3 is 0 Å². The van der Waals surface area contributed by atoms with Crippen LogP contribution in [0.2, 0.25) is 5.02 Å². The number of piperidine rings is 1. The molecule has 3 rings (SSSR count).